The summed E-state index contributed by atoms with van der Waals surface area (Å²) in [5.41, 5.74) is 0.884. The molecule has 1 aliphatic heterocycles. The number of nitrogens with zero attached hydrogens (tertiary/aromatic N) is 2. The van der Waals surface area contributed by atoms with Crippen LogP contribution in [0.1, 0.15) is 35.2 Å². The smallest absolute Gasteiger partial charge is 0.272 e. The maximum atomic E-state index is 13.5. The molecule has 30 heavy (non-hydrogen) atoms. The molecule has 158 valence electrons. The lowest BCUT2D eigenvalue weighted by atomic mass is 9.95. The van der Waals surface area contributed by atoms with Crippen molar-refractivity contribution in [3.8, 4) is 17.2 Å². The summed E-state index contributed by atoms with van der Waals surface area (Å²) in [7, 11) is 4.53. The average Bonchev–Trinajstić information content (AvgIpc) is 3.47. The normalized spacial score (nSPS) is 16.9. The fourth-order valence-electron chi connectivity index (χ4n) is 4.14. The molecule has 4 rings (SSSR count). The Morgan fingerprint density at radius 1 is 0.867 bits per heavy atom. The largest absolute Gasteiger partial charge is 0.493 e. The molecule has 1 saturated heterocycles. The molecular weight excluding hydrogens is 384 g/mol. The highest BCUT2D eigenvalue weighted by Crippen LogP contribution is 2.50. The van der Waals surface area contributed by atoms with Gasteiger partial charge >= 0.3 is 0 Å². The molecule has 2 fully saturated rings. The number of methoxy groups -OCH3 is 3. The summed E-state index contributed by atoms with van der Waals surface area (Å²) in [5.74, 6) is 0.961. The van der Waals surface area contributed by atoms with Crippen molar-refractivity contribution >= 4 is 11.8 Å². The summed E-state index contributed by atoms with van der Waals surface area (Å²) in [4.78, 5) is 26.8. The van der Waals surface area contributed by atoms with Crippen molar-refractivity contribution in [2.45, 2.75) is 24.7 Å². The second-order valence-corrected chi connectivity index (χ2v) is 7.57. The second-order valence-electron chi connectivity index (χ2n) is 7.57. The first-order chi connectivity index (χ1) is 14.6. The number of hydrazine groups is 1. The number of rotatable bonds is 6. The van der Waals surface area contributed by atoms with Gasteiger partial charge in [0.15, 0.2) is 11.5 Å². The first-order valence-electron chi connectivity index (χ1n) is 10.0. The molecule has 0 unspecified atom stereocenters. The van der Waals surface area contributed by atoms with Crippen molar-refractivity contribution in [1.29, 1.82) is 0 Å². The van der Waals surface area contributed by atoms with Crippen molar-refractivity contribution in [1.82, 2.24) is 10.0 Å². The Bertz CT molecular complexity index is 930. The van der Waals surface area contributed by atoms with Crippen molar-refractivity contribution in [2.75, 3.05) is 34.4 Å². The van der Waals surface area contributed by atoms with E-state index in [-0.39, 0.29) is 11.8 Å². The standard InChI is InChI=1S/C23H26N2O5/c1-28-18-14-16(15-19(29-2)20(18)30-3)21(26)24-12-7-13-25(24)22(27)23(10-11-23)17-8-5-4-6-9-17/h4-6,8-9,14-15H,7,10-13H2,1-3H3. The van der Waals surface area contributed by atoms with E-state index < -0.39 is 5.41 Å². The van der Waals surface area contributed by atoms with Crippen LogP contribution in [0.4, 0.5) is 0 Å². The van der Waals surface area contributed by atoms with Gasteiger partial charge in [0.2, 0.25) is 5.75 Å². The highest BCUT2D eigenvalue weighted by atomic mass is 16.5. The molecule has 2 amide bonds. The molecule has 2 aromatic carbocycles. The van der Waals surface area contributed by atoms with Gasteiger partial charge in [-0.3, -0.25) is 14.6 Å². The van der Waals surface area contributed by atoms with Gasteiger partial charge in [0.05, 0.1) is 26.7 Å². The van der Waals surface area contributed by atoms with E-state index in [0.29, 0.717) is 35.9 Å². The van der Waals surface area contributed by atoms with Gasteiger partial charge in [0, 0.05) is 18.7 Å². The number of hydrogen-bond acceptors (Lipinski definition) is 5. The van der Waals surface area contributed by atoms with Crippen LogP contribution < -0.4 is 14.2 Å². The minimum absolute atomic E-state index is 0.00742. The van der Waals surface area contributed by atoms with Gasteiger partial charge in [-0.1, -0.05) is 30.3 Å². The molecule has 1 aliphatic carbocycles. The highest BCUT2D eigenvalue weighted by Gasteiger charge is 2.54. The maximum Gasteiger partial charge on any atom is 0.272 e. The Balaban J connectivity index is 1.63. The minimum atomic E-state index is -0.514. The molecule has 2 aromatic rings. The quantitative estimate of drug-likeness (QED) is 0.732. The summed E-state index contributed by atoms with van der Waals surface area (Å²) < 4.78 is 16.1. The molecule has 1 saturated carbocycles. The van der Waals surface area contributed by atoms with Crippen LogP contribution in [0.15, 0.2) is 42.5 Å². The molecule has 0 radical (unpaired) electrons. The van der Waals surface area contributed by atoms with E-state index in [9.17, 15) is 9.59 Å². The molecule has 0 bridgehead atoms. The number of amides is 2. The molecule has 0 N–H and O–H groups in total. The van der Waals surface area contributed by atoms with E-state index in [1.165, 1.54) is 21.3 Å². The molecule has 0 aromatic heterocycles. The zero-order chi connectivity index (χ0) is 21.3. The summed E-state index contributed by atoms with van der Waals surface area (Å²) in [5, 5.41) is 3.16. The molecular formula is C23H26N2O5. The summed E-state index contributed by atoms with van der Waals surface area (Å²) in [6.45, 7) is 1.02. The SMILES string of the molecule is COc1cc(C(=O)N2CCCN2C(=O)C2(c3ccccc3)CC2)cc(OC)c1OC. The van der Waals surface area contributed by atoms with E-state index in [4.69, 9.17) is 14.2 Å². The monoisotopic (exact) mass is 410 g/mol. The number of carbonyl (C=O) groups is 2. The molecule has 2 aliphatic rings. The molecule has 0 spiro atoms. The van der Waals surface area contributed by atoms with E-state index >= 15 is 0 Å². The van der Waals surface area contributed by atoms with E-state index in [2.05, 4.69) is 0 Å². The Kier molecular flexibility index (Phi) is 5.28. The Labute approximate surface area is 176 Å². The predicted octanol–water partition coefficient (Wildman–Crippen LogP) is 3.03. The summed E-state index contributed by atoms with van der Waals surface area (Å²) >= 11 is 0. The van der Waals surface area contributed by atoms with Crippen molar-refractivity contribution in [3.05, 3.63) is 53.6 Å². The van der Waals surface area contributed by atoms with Crippen molar-refractivity contribution < 1.29 is 23.8 Å². The van der Waals surface area contributed by atoms with E-state index in [0.717, 1.165) is 24.8 Å². The van der Waals surface area contributed by atoms with Gasteiger partial charge in [0.1, 0.15) is 0 Å². The van der Waals surface area contributed by atoms with Crippen LogP contribution in [0, 0.1) is 0 Å². The van der Waals surface area contributed by atoms with Gasteiger partial charge in [0.25, 0.3) is 11.8 Å². The predicted molar refractivity (Wildman–Crippen MR) is 111 cm³/mol. The van der Waals surface area contributed by atoms with Gasteiger partial charge in [-0.05, 0) is 37.0 Å². The van der Waals surface area contributed by atoms with Crippen LogP contribution in [0.5, 0.6) is 17.2 Å². The summed E-state index contributed by atoms with van der Waals surface area (Å²) in [6.07, 6.45) is 2.35. The van der Waals surface area contributed by atoms with Gasteiger partial charge < -0.3 is 14.2 Å². The third-order valence-corrected chi connectivity index (χ3v) is 5.90. The van der Waals surface area contributed by atoms with Gasteiger partial charge in [-0.2, -0.15) is 0 Å². The average molecular weight is 410 g/mol. The van der Waals surface area contributed by atoms with E-state index in [1.807, 2.05) is 30.3 Å². The molecule has 1 heterocycles. The van der Waals surface area contributed by atoms with Crippen LogP contribution in [0.25, 0.3) is 0 Å². The lowest BCUT2D eigenvalue weighted by Crippen LogP contribution is -2.48. The molecule has 7 nitrogen and oxygen atoms in total. The molecule has 0 atom stereocenters. The maximum absolute atomic E-state index is 13.5. The van der Waals surface area contributed by atoms with Crippen LogP contribution in [-0.4, -0.2) is 56.3 Å². The Hall–Kier alpha value is -3.22. The second kappa shape index (κ2) is 7.89. The lowest BCUT2D eigenvalue weighted by molar-refractivity contribution is -0.143. The van der Waals surface area contributed by atoms with E-state index in [1.54, 1.807) is 22.2 Å². The fraction of sp³-hybridized carbons (Fsp3) is 0.391. The molecule has 7 heteroatoms. The first kappa shape index (κ1) is 20.1. The topological polar surface area (TPSA) is 68.3 Å². The van der Waals surface area contributed by atoms with Crippen LogP contribution in [0.3, 0.4) is 0 Å². The number of ether oxygens (including phenoxy) is 3. The van der Waals surface area contributed by atoms with Gasteiger partial charge in [-0.25, -0.2) is 5.01 Å². The van der Waals surface area contributed by atoms with Crippen LogP contribution in [0.2, 0.25) is 0 Å². The fourth-order valence-corrected chi connectivity index (χ4v) is 4.14. The highest BCUT2D eigenvalue weighted by molar-refractivity contribution is 5.99. The Morgan fingerprint density at radius 3 is 2.00 bits per heavy atom. The lowest BCUT2D eigenvalue weighted by Gasteiger charge is -2.31. The first-order valence-corrected chi connectivity index (χ1v) is 10.0. The third kappa shape index (κ3) is 3.24. The number of carbonyl (C=O) groups excluding carboxylic acids is 2. The Morgan fingerprint density at radius 2 is 1.47 bits per heavy atom. The number of benzene rings is 2. The van der Waals surface area contributed by atoms with Crippen molar-refractivity contribution in [3.63, 3.8) is 0 Å². The zero-order valence-corrected chi connectivity index (χ0v) is 17.5. The van der Waals surface area contributed by atoms with Crippen LogP contribution >= 0.6 is 0 Å². The minimum Gasteiger partial charge on any atom is -0.493 e. The number of hydrogen-bond donors (Lipinski definition) is 0. The van der Waals surface area contributed by atoms with Crippen LogP contribution in [-0.2, 0) is 10.2 Å². The van der Waals surface area contributed by atoms with Gasteiger partial charge in [-0.15, -0.1) is 0 Å². The third-order valence-electron chi connectivity index (χ3n) is 5.90. The van der Waals surface area contributed by atoms with Crippen molar-refractivity contribution in [2.24, 2.45) is 0 Å². The summed E-state index contributed by atoms with van der Waals surface area (Å²) in [6, 6.07) is 13.1. The zero-order valence-electron chi connectivity index (χ0n) is 17.5.